The highest BCUT2D eigenvalue weighted by Gasteiger charge is 2.39. The van der Waals surface area contributed by atoms with Crippen molar-refractivity contribution in [3.8, 4) is 0 Å². The smallest absolute Gasteiger partial charge is 0.320 e. The lowest BCUT2D eigenvalue weighted by atomic mass is 9.84. The van der Waals surface area contributed by atoms with E-state index in [0.29, 0.717) is 12.0 Å². The van der Waals surface area contributed by atoms with Crippen molar-refractivity contribution in [3.63, 3.8) is 0 Å². The fourth-order valence-corrected chi connectivity index (χ4v) is 3.39. The Kier molecular flexibility index (Phi) is 4.39. The Labute approximate surface area is 117 Å². The summed E-state index contributed by atoms with van der Waals surface area (Å²) in [5.74, 6) is 0.707. The molecule has 0 radical (unpaired) electrons. The van der Waals surface area contributed by atoms with Gasteiger partial charge in [0.05, 0.1) is 6.04 Å². The number of carbonyl (C=O) groups is 1. The van der Waals surface area contributed by atoms with Gasteiger partial charge in [0.2, 0.25) is 0 Å². The summed E-state index contributed by atoms with van der Waals surface area (Å²) in [5, 5.41) is 0. The van der Waals surface area contributed by atoms with E-state index in [1.54, 1.807) is 0 Å². The molecular weight excluding hydrogens is 238 g/mol. The lowest BCUT2D eigenvalue weighted by Gasteiger charge is -2.30. The van der Waals surface area contributed by atoms with Gasteiger partial charge in [0, 0.05) is 25.7 Å². The van der Waals surface area contributed by atoms with Crippen molar-refractivity contribution in [1.29, 1.82) is 0 Å². The Morgan fingerprint density at radius 1 is 1.26 bits per heavy atom. The molecule has 1 heterocycles. The van der Waals surface area contributed by atoms with Gasteiger partial charge >= 0.3 is 6.03 Å². The number of rotatable bonds is 4. The standard InChI is InChI=1S/C15H29N3O/c1-15(2,16)9-10-18-11-13(17(3)14(18)19)12-7-5-4-6-8-12/h12-13H,4-11,16H2,1-3H3. The average molecular weight is 267 g/mol. The van der Waals surface area contributed by atoms with Crippen LogP contribution in [0.15, 0.2) is 0 Å². The lowest BCUT2D eigenvalue weighted by molar-refractivity contribution is 0.179. The van der Waals surface area contributed by atoms with Crippen LogP contribution in [-0.2, 0) is 0 Å². The number of urea groups is 1. The zero-order chi connectivity index (χ0) is 14.0. The van der Waals surface area contributed by atoms with Crippen molar-refractivity contribution in [2.75, 3.05) is 20.1 Å². The predicted octanol–water partition coefficient (Wildman–Crippen LogP) is 2.43. The van der Waals surface area contributed by atoms with Gasteiger partial charge in [-0.05, 0) is 39.0 Å². The fraction of sp³-hybridized carbons (Fsp3) is 0.933. The largest absolute Gasteiger partial charge is 0.325 e. The van der Waals surface area contributed by atoms with E-state index in [4.69, 9.17) is 5.73 Å². The van der Waals surface area contributed by atoms with Gasteiger partial charge in [0.25, 0.3) is 0 Å². The van der Waals surface area contributed by atoms with Crippen LogP contribution in [0.5, 0.6) is 0 Å². The Hall–Kier alpha value is -0.770. The van der Waals surface area contributed by atoms with Crippen LogP contribution in [-0.4, -0.2) is 47.5 Å². The molecule has 2 aliphatic rings. The first-order valence-electron chi connectivity index (χ1n) is 7.69. The maximum atomic E-state index is 12.3. The van der Waals surface area contributed by atoms with Gasteiger partial charge in [-0.2, -0.15) is 0 Å². The van der Waals surface area contributed by atoms with Crippen LogP contribution in [0.2, 0.25) is 0 Å². The molecule has 1 unspecified atom stereocenters. The maximum absolute atomic E-state index is 12.3. The van der Waals surface area contributed by atoms with Gasteiger partial charge in [0.15, 0.2) is 0 Å². The Balaban J connectivity index is 1.92. The Morgan fingerprint density at radius 3 is 2.47 bits per heavy atom. The third kappa shape index (κ3) is 3.62. The summed E-state index contributed by atoms with van der Waals surface area (Å²) in [6.45, 7) is 5.73. The highest BCUT2D eigenvalue weighted by molar-refractivity contribution is 5.76. The van der Waals surface area contributed by atoms with Gasteiger partial charge < -0.3 is 15.5 Å². The molecule has 2 N–H and O–H groups in total. The molecule has 110 valence electrons. The highest BCUT2D eigenvalue weighted by atomic mass is 16.2. The van der Waals surface area contributed by atoms with Crippen LogP contribution in [0, 0.1) is 5.92 Å². The first kappa shape index (κ1) is 14.6. The van der Waals surface area contributed by atoms with Crippen LogP contribution in [0.4, 0.5) is 4.79 Å². The molecule has 0 bridgehead atoms. The quantitative estimate of drug-likeness (QED) is 0.850. The molecule has 0 aromatic rings. The van der Waals surface area contributed by atoms with Crippen LogP contribution < -0.4 is 5.73 Å². The van der Waals surface area contributed by atoms with Crippen LogP contribution in [0.25, 0.3) is 0 Å². The van der Waals surface area contributed by atoms with E-state index in [1.165, 1.54) is 32.1 Å². The van der Waals surface area contributed by atoms with Gasteiger partial charge in [-0.25, -0.2) is 4.79 Å². The van der Waals surface area contributed by atoms with E-state index < -0.39 is 0 Å². The minimum atomic E-state index is -0.193. The minimum absolute atomic E-state index is 0.193. The summed E-state index contributed by atoms with van der Waals surface area (Å²) in [7, 11) is 1.97. The monoisotopic (exact) mass is 267 g/mol. The first-order valence-corrected chi connectivity index (χ1v) is 7.69. The molecule has 1 aliphatic heterocycles. The molecule has 0 spiro atoms. The van der Waals surface area contributed by atoms with Gasteiger partial charge in [0.1, 0.15) is 0 Å². The van der Waals surface area contributed by atoms with Crippen LogP contribution in [0.3, 0.4) is 0 Å². The molecule has 4 heteroatoms. The number of likely N-dealkylation sites (N-methyl/N-ethyl adjacent to an activating group) is 1. The van der Waals surface area contributed by atoms with E-state index in [2.05, 4.69) is 0 Å². The van der Waals surface area contributed by atoms with Crippen LogP contribution in [0.1, 0.15) is 52.4 Å². The van der Waals surface area contributed by atoms with E-state index in [1.807, 2.05) is 30.7 Å². The van der Waals surface area contributed by atoms with E-state index in [9.17, 15) is 4.79 Å². The summed E-state index contributed by atoms with van der Waals surface area (Å²) in [6.07, 6.45) is 7.48. The number of hydrogen-bond acceptors (Lipinski definition) is 2. The van der Waals surface area contributed by atoms with Crippen molar-refractivity contribution >= 4 is 6.03 Å². The number of amides is 2. The third-order valence-corrected chi connectivity index (χ3v) is 4.70. The van der Waals surface area contributed by atoms with Crippen molar-refractivity contribution in [1.82, 2.24) is 9.80 Å². The zero-order valence-electron chi connectivity index (χ0n) is 12.7. The third-order valence-electron chi connectivity index (χ3n) is 4.70. The van der Waals surface area contributed by atoms with Crippen molar-refractivity contribution in [2.24, 2.45) is 11.7 Å². The van der Waals surface area contributed by atoms with Crippen molar-refractivity contribution < 1.29 is 4.79 Å². The highest BCUT2D eigenvalue weighted by Crippen LogP contribution is 2.32. The maximum Gasteiger partial charge on any atom is 0.320 e. The second-order valence-corrected chi connectivity index (χ2v) is 7.04. The molecule has 0 aromatic carbocycles. The molecule has 2 amide bonds. The van der Waals surface area contributed by atoms with E-state index >= 15 is 0 Å². The molecule has 0 aromatic heterocycles. The SMILES string of the molecule is CN1C(=O)N(CCC(C)(C)N)CC1C1CCCCC1. The number of nitrogens with zero attached hydrogens (tertiary/aromatic N) is 2. The molecule has 1 aliphatic carbocycles. The average Bonchev–Trinajstić information content (AvgIpc) is 2.64. The van der Waals surface area contributed by atoms with Crippen LogP contribution >= 0.6 is 0 Å². The second-order valence-electron chi connectivity index (χ2n) is 7.04. The number of hydrogen-bond donors (Lipinski definition) is 1. The molecule has 19 heavy (non-hydrogen) atoms. The van der Waals surface area contributed by atoms with Crippen molar-refractivity contribution in [2.45, 2.75) is 64.0 Å². The molecular formula is C15H29N3O. The number of nitrogens with two attached hydrogens (primary N) is 1. The van der Waals surface area contributed by atoms with Gasteiger partial charge in [-0.15, -0.1) is 0 Å². The number of carbonyl (C=O) groups excluding carboxylic acids is 1. The summed E-state index contributed by atoms with van der Waals surface area (Å²) < 4.78 is 0. The topological polar surface area (TPSA) is 49.6 Å². The normalized spacial score (nSPS) is 26.3. The van der Waals surface area contributed by atoms with Crippen molar-refractivity contribution in [3.05, 3.63) is 0 Å². The van der Waals surface area contributed by atoms with Gasteiger partial charge in [-0.1, -0.05) is 19.3 Å². The lowest BCUT2D eigenvalue weighted by Crippen LogP contribution is -2.38. The summed E-state index contributed by atoms with van der Waals surface area (Å²) in [6, 6.07) is 0.619. The molecule has 4 nitrogen and oxygen atoms in total. The summed E-state index contributed by atoms with van der Waals surface area (Å²) in [5.41, 5.74) is 5.83. The Morgan fingerprint density at radius 2 is 1.89 bits per heavy atom. The second kappa shape index (κ2) is 5.70. The molecule has 2 rings (SSSR count). The summed E-state index contributed by atoms with van der Waals surface area (Å²) >= 11 is 0. The summed E-state index contributed by atoms with van der Waals surface area (Å²) in [4.78, 5) is 16.3. The van der Waals surface area contributed by atoms with Gasteiger partial charge in [-0.3, -0.25) is 0 Å². The predicted molar refractivity (Wildman–Crippen MR) is 78.0 cm³/mol. The molecule has 2 fully saturated rings. The van der Waals surface area contributed by atoms with E-state index in [-0.39, 0.29) is 11.6 Å². The fourth-order valence-electron chi connectivity index (χ4n) is 3.39. The zero-order valence-corrected chi connectivity index (χ0v) is 12.7. The van der Waals surface area contributed by atoms with E-state index in [0.717, 1.165) is 19.5 Å². The minimum Gasteiger partial charge on any atom is -0.325 e. The molecule has 1 saturated heterocycles. The Bertz CT molecular complexity index is 318. The molecule has 1 saturated carbocycles. The molecule has 1 atom stereocenters. The first-order chi connectivity index (χ1) is 8.88.